The van der Waals surface area contributed by atoms with Gasteiger partial charge in [-0.25, -0.2) is 4.39 Å². The van der Waals surface area contributed by atoms with Crippen LogP contribution in [0, 0.1) is 18.7 Å². The van der Waals surface area contributed by atoms with E-state index in [0.717, 1.165) is 29.7 Å². The van der Waals surface area contributed by atoms with Crippen LogP contribution in [-0.4, -0.2) is 16.0 Å². The van der Waals surface area contributed by atoms with Crippen molar-refractivity contribution in [2.24, 2.45) is 5.92 Å². The van der Waals surface area contributed by atoms with Crippen molar-refractivity contribution in [3.63, 3.8) is 0 Å². The summed E-state index contributed by atoms with van der Waals surface area (Å²) >= 11 is 1.46. The fourth-order valence-electron chi connectivity index (χ4n) is 3.61. The number of hydrogen-bond donors (Lipinski definition) is 3. The molecule has 7 heteroatoms. The summed E-state index contributed by atoms with van der Waals surface area (Å²) in [7, 11) is 0. The number of anilines is 1. The van der Waals surface area contributed by atoms with Gasteiger partial charge in [0.25, 0.3) is 11.5 Å². The third-order valence-corrected chi connectivity index (χ3v) is 6.28. The lowest BCUT2D eigenvalue weighted by Crippen LogP contribution is -2.23. The molecule has 3 aromatic rings. The summed E-state index contributed by atoms with van der Waals surface area (Å²) in [6.45, 7) is 3.90. The minimum Gasteiger partial charge on any atom is -0.506 e. The summed E-state index contributed by atoms with van der Waals surface area (Å²) in [6.07, 6.45) is 2.71. The fourth-order valence-corrected chi connectivity index (χ4v) is 5.02. The Kier molecular flexibility index (Phi) is 4.26. The Morgan fingerprint density at radius 3 is 2.96 bits per heavy atom. The smallest absolute Gasteiger partial charge is 0.265 e. The molecule has 1 amide bonds. The van der Waals surface area contributed by atoms with Gasteiger partial charge in [0.05, 0.1) is 5.39 Å². The number of thiophene rings is 1. The highest BCUT2D eigenvalue weighted by molar-refractivity contribution is 7.18. The Bertz CT molecular complexity index is 1130. The second kappa shape index (κ2) is 6.49. The van der Waals surface area contributed by atoms with Crippen LogP contribution in [0.25, 0.3) is 10.2 Å². The molecule has 0 bridgehead atoms. The van der Waals surface area contributed by atoms with E-state index in [1.807, 2.05) is 0 Å². The van der Waals surface area contributed by atoms with E-state index in [1.165, 1.54) is 29.5 Å². The molecule has 27 heavy (non-hydrogen) atoms. The van der Waals surface area contributed by atoms with Gasteiger partial charge in [0.1, 0.15) is 22.0 Å². The second-order valence-electron chi connectivity index (χ2n) is 7.15. The molecule has 1 atom stereocenters. The van der Waals surface area contributed by atoms with E-state index in [4.69, 9.17) is 0 Å². The first-order chi connectivity index (χ1) is 12.8. The lowest BCUT2D eigenvalue weighted by atomic mass is 9.89. The largest absolute Gasteiger partial charge is 0.506 e. The standard InChI is InChI=1S/C20H19FN2O3S/c1-9-3-6-12-14(7-9)27-20-15(12)17(24)16(19(26)23-20)18(25)22-13-8-11(21)5-4-10(13)2/h4-5,8-9H,3,6-7H2,1-2H3,(H,22,25)(H2,23,24,26)/t9-/m1/s1. The third kappa shape index (κ3) is 3.02. The number of aromatic hydroxyl groups is 1. The molecule has 0 fully saturated rings. The Morgan fingerprint density at radius 2 is 2.19 bits per heavy atom. The molecule has 2 heterocycles. The van der Waals surface area contributed by atoms with Crippen LogP contribution in [0.1, 0.15) is 39.7 Å². The molecule has 1 aliphatic carbocycles. The van der Waals surface area contributed by atoms with Crippen molar-refractivity contribution in [1.29, 1.82) is 0 Å². The van der Waals surface area contributed by atoms with Crippen molar-refractivity contribution >= 4 is 33.1 Å². The first-order valence-corrected chi connectivity index (χ1v) is 9.63. The maximum absolute atomic E-state index is 13.5. The van der Waals surface area contributed by atoms with Crippen molar-refractivity contribution in [2.45, 2.75) is 33.1 Å². The number of H-pyrrole nitrogens is 1. The molecule has 1 aliphatic rings. The number of halogens is 1. The second-order valence-corrected chi connectivity index (χ2v) is 8.25. The normalized spacial score (nSPS) is 16.3. The summed E-state index contributed by atoms with van der Waals surface area (Å²) in [5.41, 5.74) is 0.935. The molecule has 140 valence electrons. The summed E-state index contributed by atoms with van der Waals surface area (Å²) < 4.78 is 13.5. The van der Waals surface area contributed by atoms with Gasteiger partial charge >= 0.3 is 0 Å². The highest BCUT2D eigenvalue weighted by Gasteiger charge is 2.27. The molecule has 0 unspecified atom stereocenters. The number of hydrogen-bond acceptors (Lipinski definition) is 4. The molecular weight excluding hydrogens is 367 g/mol. The Morgan fingerprint density at radius 1 is 1.41 bits per heavy atom. The van der Waals surface area contributed by atoms with Crippen molar-refractivity contribution in [3.05, 3.63) is 55.9 Å². The predicted octanol–water partition coefficient (Wildman–Crippen LogP) is 4.12. The fraction of sp³-hybridized carbons (Fsp3) is 0.300. The van der Waals surface area contributed by atoms with E-state index < -0.39 is 17.3 Å². The number of aromatic amines is 1. The number of nitrogens with one attached hydrogen (secondary N) is 2. The van der Waals surface area contributed by atoms with Gasteiger partial charge in [-0.3, -0.25) is 9.59 Å². The van der Waals surface area contributed by atoms with E-state index in [-0.39, 0.29) is 17.0 Å². The van der Waals surface area contributed by atoms with Gasteiger partial charge in [0, 0.05) is 10.6 Å². The number of aromatic nitrogens is 1. The van der Waals surface area contributed by atoms with E-state index in [9.17, 15) is 19.1 Å². The Balaban J connectivity index is 1.81. The van der Waals surface area contributed by atoms with Gasteiger partial charge in [-0.1, -0.05) is 13.0 Å². The monoisotopic (exact) mass is 386 g/mol. The molecule has 4 rings (SSSR count). The van der Waals surface area contributed by atoms with Gasteiger partial charge in [-0.05, 0) is 55.4 Å². The van der Waals surface area contributed by atoms with Crippen LogP contribution in [0.2, 0.25) is 0 Å². The van der Waals surface area contributed by atoms with Crippen LogP contribution >= 0.6 is 11.3 Å². The summed E-state index contributed by atoms with van der Waals surface area (Å²) in [6, 6.07) is 4.01. The van der Waals surface area contributed by atoms with Gasteiger partial charge < -0.3 is 15.4 Å². The third-order valence-electron chi connectivity index (χ3n) is 5.11. The van der Waals surface area contributed by atoms with Crippen LogP contribution in [-0.2, 0) is 12.8 Å². The maximum atomic E-state index is 13.5. The van der Waals surface area contributed by atoms with E-state index in [1.54, 1.807) is 6.92 Å². The quantitative estimate of drug-likeness (QED) is 0.620. The lowest BCUT2D eigenvalue weighted by molar-refractivity contribution is 0.102. The molecule has 3 N–H and O–H groups in total. The highest BCUT2D eigenvalue weighted by Crippen LogP contribution is 2.41. The molecule has 0 radical (unpaired) electrons. The van der Waals surface area contributed by atoms with Crippen molar-refractivity contribution < 1.29 is 14.3 Å². The minimum absolute atomic E-state index is 0.264. The highest BCUT2D eigenvalue weighted by atomic mass is 32.1. The maximum Gasteiger partial charge on any atom is 0.265 e. The van der Waals surface area contributed by atoms with Crippen LogP contribution in [0.3, 0.4) is 0 Å². The molecule has 5 nitrogen and oxygen atoms in total. The van der Waals surface area contributed by atoms with E-state index >= 15 is 0 Å². The van der Waals surface area contributed by atoms with Crippen LogP contribution in [0.15, 0.2) is 23.0 Å². The minimum atomic E-state index is -0.756. The number of amides is 1. The molecule has 2 aromatic heterocycles. The topological polar surface area (TPSA) is 82.2 Å². The van der Waals surface area contributed by atoms with Crippen LogP contribution in [0.5, 0.6) is 5.75 Å². The van der Waals surface area contributed by atoms with E-state index in [0.29, 0.717) is 21.7 Å². The first kappa shape index (κ1) is 17.7. The van der Waals surface area contributed by atoms with Crippen LogP contribution < -0.4 is 10.9 Å². The van der Waals surface area contributed by atoms with Crippen LogP contribution in [0.4, 0.5) is 10.1 Å². The molecule has 1 aromatic carbocycles. The van der Waals surface area contributed by atoms with Crippen molar-refractivity contribution in [1.82, 2.24) is 4.98 Å². The Hall–Kier alpha value is -2.67. The van der Waals surface area contributed by atoms with Crippen molar-refractivity contribution in [2.75, 3.05) is 5.32 Å². The first-order valence-electron chi connectivity index (χ1n) is 8.82. The molecule has 0 aliphatic heterocycles. The summed E-state index contributed by atoms with van der Waals surface area (Å²) in [4.78, 5) is 29.6. The van der Waals surface area contributed by atoms with Gasteiger partial charge in [-0.15, -0.1) is 11.3 Å². The summed E-state index contributed by atoms with van der Waals surface area (Å²) in [5.74, 6) is -0.996. The average Bonchev–Trinajstić information content (AvgIpc) is 2.95. The zero-order valence-electron chi connectivity index (χ0n) is 15.0. The van der Waals surface area contributed by atoms with Crippen molar-refractivity contribution in [3.8, 4) is 5.75 Å². The Labute approximate surface area is 158 Å². The number of benzene rings is 1. The average molecular weight is 386 g/mol. The number of rotatable bonds is 2. The molecule has 0 saturated heterocycles. The van der Waals surface area contributed by atoms with Gasteiger partial charge in [0.2, 0.25) is 0 Å². The number of carbonyl (C=O) groups is 1. The SMILES string of the molecule is Cc1ccc(F)cc1NC(=O)c1c(O)c2c3c(sc2[nH]c1=O)C[C@H](C)CC3. The van der Waals surface area contributed by atoms with Gasteiger partial charge in [-0.2, -0.15) is 0 Å². The molecular formula is C20H19FN2O3S. The number of aryl methyl sites for hydroxylation is 2. The number of pyridine rings is 1. The number of fused-ring (bicyclic) bond motifs is 3. The lowest BCUT2D eigenvalue weighted by Gasteiger charge is -2.18. The zero-order valence-corrected chi connectivity index (χ0v) is 15.8. The predicted molar refractivity (Wildman–Crippen MR) is 104 cm³/mol. The van der Waals surface area contributed by atoms with Gasteiger partial charge in [0.15, 0.2) is 0 Å². The number of carbonyl (C=O) groups excluding carboxylic acids is 1. The molecule has 0 saturated carbocycles. The zero-order chi connectivity index (χ0) is 19.3. The van der Waals surface area contributed by atoms with E-state index in [2.05, 4.69) is 17.2 Å². The summed E-state index contributed by atoms with van der Waals surface area (Å²) in [5, 5.41) is 13.9. The molecule has 0 spiro atoms.